The van der Waals surface area contributed by atoms with Crippen molar-refractivity contribution in [2.75, 3.05) is 6.61 Å². The predicted octanol–water partition coefficient (Wildman–Crippen LogP) is 1.62. The first-order chi connectivity index (χ1) is 11.5. The van der Waals surface area contributed by atoms with Crippen molar-refractivity contribution in [3.63, 3.8) is 0 Å². The number of rotatable bonds is 4. The first-order valence-corrected chi connectivity index (χ1v) is 7.13. The molecule has 0 fully saturated rings. The van der Waals surface area contributed by atoms with Crippen LogP contribution in [0.4, 0.5) is 0 Å². The van der Waals surface area contributed by atoms with E-state index in [4.69, 9.17) is 4.74 Å². The minimum atomic E-state index is -0.667. The van der Waals surface area contributed by atoms with Crippen LogP contribution in [-0.4, -0.2) is 37.6 Å². The smallest absolute Gasteiger partial charge is 0.439 e. The van der Waals surface area contributed by atoms with E-state index < -0.39 is 11.7 Å². The molecule has 9 heteroatoms. The van der Waals surface area contributed by atoms with Crippen LogP contribution in [0, 0.1) is 6.92 Å². The lowest BCUT2D eigenvalue weighted by Crippen LogP contribution is -2.12. The van der Waals surface area contributed by atoms with Gasteiger partial charge in [0.25, 0.3) is 0 Å². The third-order valence-corrected chi connectivity index (χ3v) is 3.33. The molecule has 0 aliphatic rings. The molecule has 0 bridgehead atoms. The summed E-state index contributed by atoms with van der Waals surface area (Å²) >= 11 is 0. The van der Waals surface area contributed by atoms with Crippen LogP contribution in [0.2, 0.25) is 0 Å². The standard InChI is InChI=1S/C15H14N4O5/c1-3-23-14(20)11-8(2)16-13(19(11)22)10-6-4-5-9(7-10)12-17-15(21)24-18-12/h4-7,22H,3H2,1-2H3,(H,17,18,21). The van der Waals surface area contributed by atoms with Crippen LogP contribution in [0.3, 0.4) is 0 Å². The van der Waals surface area contributed by atoms with Crippen molar-refractivity contribution < 1.29 is 19.3 Å². The number of hydrogen-bond acceptors (Lipinski definition) is 7. The highest BCUT2D eigenvalue weighted by Gasteiger charge is 2.22. The van der Waals surface area contributed by atoms with Gasteiger partial charge < -0.3 is 9.94 Å². The third kappa shape index (κ3) is 2.67. The average Bonchev–Trinajstić information content (AvgIpc) is 3.11. The molecule has 2 heterocycles. The summed E-state index contributed by atoms with van der Waals surface area (Å²) in [5, 5.41) is 13.9. The Bertz CT molecular complexity index is 953. The van der Waals surface area contributed by atoms with Crippen LogP contribution in [0.15, 0.2) is 33.6 Å². The summed E-state index contributed by atoms with van der Waals surface area (Å²) in [6.07, 6.45) is 0. The van der Waals surface area contributed by atoms with Gasteiger partial charge >= 0.3 is 11.7 Å². The Morgan fingerprint density at radius 2 is 2.17 bits per heavy atom. The highest BCUT2D eigenvalue weighted by molar-refractivity contribution is 5.89. The number of esters is 1. The number of hydrogen-bond donors (Lipinski definition) is 2. The third-order valence-electron chi connectivity index (χ3n) is 3.33. The summed E-state index contributed by atoms with van der Waals surface area (Å²) in [6.45, 7) is 3.46. The lowest BCUT2D eigenvalue weighted by atomic mass is 10.1. The number of nitrogens with one attached hydrogen (secondary N) is 1. The summed E-state index contributed by atoms with van der Waals surface area (Å²) in [7, 11) is 0. The van der Waals surface area contributed by atoms with Crippen molar-refractivity contribution in [1.29, 1.82) is 0 Å². The van der Waals surface area contributed by atoms with Crippen LogP contribution in [0.25, 0.3) is 22.8 Å². The van der Waals surface area contributed by atoms with Gasteiger partial charge in [0.2, 0.25) is 0 Å². The molecule has 0 aliphatic heterocycles. The van der Waals surface area contributed by atoms with Gasteiger partial charge in [-0.2, -0.15) is 4.73 Å². The van der Waals surface area contributed by atoms with Crippen LogP contribution in [0.1, 0.15) is 23.1 Å². The quantitative estimate of drug-likeness (QED) is 0.550. The Kier molecular flexibility index (Phi) is 3.90. The van der Waals surface area contributed by atoms with E-state index in [1.807, 2.05) is 0 Å². The Morgan fingerprint density at radius 1 is 1.42 bits per heavy atom. The molecule has 0 unspecified atom stereocenters. The SMILES string of the molecule is CCOC(=O)c1c(C)nc(-c2cccc(-c3noc(=O)[nH]3)c2)n1O. The zero-order valence-electron chi connectivity index (χ0n) is 12.9. The van der Waals surface area contributed by atoms with Gasteiger partial charge in [0, 0.05) is 11.1 Å². The van der Waals surface area contributed by atoms with Gasteiger partial charge in [0.1, 0.15) is 0 Å². The molecule has 0 radical (unpaired) electrons. The van der Waals surface area contributed by atoms with Gasteiger partial charge in [-0.1, -0.05) is 23.4 Å². The maximum Gasteiger partial charge on any atom is 0.439 e. The largest absolute Gasteiger partial charge is 0.461 e. The van der Waals surface area contributed by atoms with Gasteiger partial charge in [0.05, 0.1) is 12.3 Å². The molecule has 0 aliphatic carbocycles. The van der Waals surface area contributed by atoms with Gasteiger partial charge in [-0.05, 0) is 19.9 Å². The second kappa shape index (κ2) is 6.03. The van der Waals surface area contributed by atoms with Gasteiger partial charge in [-0.25, -0.2) is 14.6 Å². The molecule has 9 nitrogen and oxygen atoms in total. The second-order valence-corrected chi connectivity index (χ2v) is 4.93. The van der Waals surface area contributed by atoms with Gasteiger partial charge in [0.15, 0.2) is 17.3 Å². The van der Waals surface area contributed by atoms with E-state index in [-0.39, 0.29) is 23.9 Å². The number of aromatic amines is 1. The molecule has 0 spiro atoms. The fourth-order valence-corrected chi connectivity index (χ4v) is 2.30. The molecule has 0 saturated heterocycles. The number of benzene rings is 1. The molecular formula is C15H14N4O5. The Hall–Kier alpha value is -3.36. The summed E-state index contributed by atoms with van der Waals surface area (Å²) in [5.74, 6) is -0.906. The topological polar surface area (TPSA) is 123 Å². The number of ether oxygens (including phenoxy) is 1. The average molecular weight is 330 g/mol. The Balaban J connectivity index is 2.05. The van der Waals surface area contributed by atoms with Crippen molar-refractivity contribution in [2.24, 2.45) is 0 Å². The maximum atomic E-state index is 11.9. The van der Waals surface area contributed by atoms with Crippen molar-refractivity contribution in [3.05, 3.63) is 46.2 Å². The van der Waals surface area contributed by atoms with Crippen LogP contribution in [0.5, 0.6) is 0 Å². The van der Waals surface area contributed by atoms with E-state index in [2.05, 4.69) is 19.6 Å². The lowest BCUT2D eigenvalue weighted by molar-refractivity contribution is 0.0476. The van der Waals surface area contributed by atoms with Gasteiger partial charge in [-0.15, -0.1) is 0 Å². The maximum absolute atomic E-state index is 11.9. The normalized spacial score (nSPS) is 10.8. The molecule has 2 aromatic heterocycles. The second-order valence-electron chi connectivity index (χ2n) is 4.93. The van der Waals surface area contributed by atoms with E-state index in [1.165, 1.54) is 0 Å². The number of carbonyl (C=O) groups is 1. The van der Waals surface area contributed by atoms with E-state index >= 15 is 0 Å². The predicted molar refractivity (Wildman–Crippen MR) is 81.7 cm³/mol. The zero-order chi connectivity index (χ0) is 17.3. The van der Waals surface area contributed by atoms with Crippen molar-refractivity contribution >= 4 is 5.97 Å². The molecule has 0 saturated carbocycles. The molecule has 0 amide bonds. The Labute approximate surface area is 135 Å². The van der Waals surface area contributed by atoms with Crippen LogP contribution < -0.4 is 5.76 Å². The zero-order valence-corrected chi connectivity index (χ0v) is 12.9. The minimum absolute atomic E-state index is 0.0351. The number of imidazole rings is 1. The number of H-pyrrole nitrogens is 1. The van der Waals surface area contributed by atoms with Crippen LogP contribution in [-0.2, 0) is 4.74 Å². The van der Waals surface area contributed by atoms with Crippen molar-refractivity contribution in [2.45, 2.75) is 13.8 Å². The van der Waals surface area contributed by atoms with E-state index in [1.54, 1.807) is 38.1 Å². The fraction of sp³-hybridized carbons (Fsp3) is 0.200. The van der Waals surface area contributed by atoms with E-state index in [0.29, 0.717) is 21.6 Å². The monoisotopic (exact) mass is 330 g/mol. The highest BCUT2D eigenvalue weighted by Crippen LogP contribution is 2.25. The number of carbonyl (C=O) groups excluding carboxylic acids is 1. The van der Waals surface area contributed by atoms with Crippen LogP contribution >= 0.6 is 0 Å². The first-order valence-electron chi connectivity index (χ1n) is 7.13. The minimum Gasteiger partial charge on any atom is -0.461 e. The Morgan fingerprint density at radius 3 is 2.83 bits per heavy atom. The molecule has 3 aromatic rings. The number of nitrogens with zero attached hydrogens (tertiary/aromatic N) is 3. The molecule has 2 N–H and O–H groups in total. The summed E-state index contributed by atoms with van der Waals surface area (Å²) < 4.78 is 10.1. The summed E-state index contributed by atoms with van der Waals surface area (Å²) in [4.78, 5) is 29.6. The molecule has 0 atom stereocenters. The molecule has 3 rings (SSSR count). The molecule has 24 heavy (non-hydrogen) atoms. The molecular weight excluding hydrogens is 316 g/mol. The molecule has 1 aromatic carbocycles. The molecule has 124 valence electrons. The van der Waals surface area contributed by atoms with Gasteiger partial charge in [-0.3, -0.25) is 9.51 Å². The summed E-state index contributed by atoms with van der Waals surface area (Å²) in [6, 6.07) is 6.76. The first kappa shape index (κ1) is 15.5. The number of aromatic nitrogens is 4. The van der Waals surface area contributed by atoms with E-state index in [9.17, 15) is 14.8 Å². The fourth-order valence-electron chi connectivity index (χ4n) is 2.30. The lowest BCUT2D eigenvalue weighted by Gasteiger charge is -2.05. The summed E-state index contributed by atoms with van der Waals surface area (Å²) in [5.41, 5.74) is 1.40. The van der Waals surface area contributed by atoms with Crippen molar-refractivity contribution in [3.8, 4) is 22.8 Å². The van der Waals surface area contributed by atoms with E-state index in [0.717, 1.165) is 0 Å². The highest BCUT2D eigenvalue weighted by atomic mass is 16.5. The number of aryl methyl sites for hydroxylation is 1. The van der Waals surface area contributed by atoms with Crippen molar-refractivity contribution in [1.82, 2.24) is 19.9 Å².